The number of carbonyl (C=O) groups is 2. The molecule has 0 saturated heterocycles. The van der Waals surface area contributed by atoms with Gasteiger partial charge in [0.2, 0.25) is 0 Å². The first kappa shape index (κ1) is 14.2. The molecule has 0 aliphatic rings. The van der Waals surface area contributed by atoms with Gasteiger partial charge in [0.15, 0.2) is 0 Å². The molecule has 0 aromatic heterocycles. The number of nitrogens with one attached hydrogen (secondary N) is 2. The highest BCUT2D eigenvalue weighted by Gasteiger charge is 2.09. The molecular weight excluding hydrogens is 302 g/mol. The zero-order chi connectivity index (χ0) is 13.5. The highest BCUT2D eigenvalue weighted by molar-refractivity contribution is 9.10. The first-order valence-electron chi connectivity index (χ1n) is 4.97. The van der Waals surface area contributed by atoms with Gasteiger partial charge in [-0.15, -0.1) is 0 Å². The molecule has 18 heavy (non-hydrogen) atoms. The van der Waals surface area contributed by atoms with E-state index in [0.717, 1.165) is 4.47 Å². The molecule has 1 aromatic carbocycles. The second-order valence-electron chi connectivity index (χ2n) is 3.16. The van der Waals surface area contributed by atoms with Crippen LogP contribution in [0.5, 0.6) is 5.75 Å². The van der Waals surface area contributed by atoms with Crippen molar-refractivity contribution in [1.82, 2.24) is 10.7 Å². The predicted octanol–water partition coefficient (Wildman–Crippen LogP) is 0.654. The maximum Gasteiger partial charge on any atom is 0.329 e. The largest absolute Gasteiger partial charge is 0.496 e. The lowest BCUT2D eigenvalue weighted by Gasteiger charge is -2.04. The highest BCUT2D eigenvalue weighted by Crippen LogP contribution is 2.21. The molecule has 2 N–H and O–H groups in total. The van der Waals surface area contributed by atoms with Crippen LogP contribution in [0, 0.1) is 0 Å². The van der Waals surface area contributed by atoms with E-state index >= 15 is 0 Å². The minimum absolute atomic E-state index is 0.608. The summed E-state index contributed by atoms with van der Waals surface area (Å²) in [5, 5.41) is 5.86. The van der Waals surface area contributed by atoms with Gasteiger partial charge in [0, 0.05) is 17.1 Å². The van der Waals surface area contributed by atoms with E-state index in [1.54, 1.807) is 12.1 Å². The van der Waals surface area contributed by atoms with Crippen molar-refractivity contribution in [2.45, 2.75) is 0 Å². The molecule has 1 rings (SSSR count). The van der Waals surface area contributed by atoms with Gasteiger partial charge >= 0.3 is 11.8 Å². The van der Waals surface area contributed by atoms with Crippen molar-refractivity contribution in [2.75, 3.05) is 14.2 Å². The first-order chi connectivity index (χ1) is 8.58. The van der Waals surface area contributed by atoms with E-state index in [4.69, 9.17) is 4.74 Å². The van der Waals surface area contributed by atoms with Gasteiger partial charge in [-0.3, -0.25) is 9.59 Å². The van der Waals surface area contributed by atoms with Crippen LogP contribution in [0.25, 0.3) is 0 Å². The number of amides is 2. The predicted molar refractivity (Wildman–Crippen MR) is 70.5 cm³/mol. The van der Waals surface area contributed by atoms with Gasteiger partial charge in [-0.2, -0.15) is 5.10 Å². The van der Waals surface area contributed by atoms with E-state index in [0.29, 0.717) is 11.3 Å². The van der Waals surface area contributed by atoms with Gasteiger partial charge in [-0.25, -0.2) is 5.43 Å². The van der Waals surface area contributed by atoms with Gasteiger partial charge < -0.3 is 10.1 Å². The van der Waals surface area contributed by atoms with Gasteiger partial charge in [-0.1, -0.05) is 15.9 Å². The quantitative estimate of drug-likeness (QED) is 0.488. The third-order valence-corrected chi connectivity index (χ3v) is 2.49. The number of nitrogens with zero attached hydrogens (tertiary/aromatic N) is 1. The van der Waals surface area contributed by atoms with Gasteiger partial charge in [0.05, 0.1) is 13.3 Å². The second kappa shape index (κ2) is 6.75. The van der Waals surface area contributed by atoms with Crippen LogP contribution in [0.3, 0.4) is 0 Å². The van der Waals surface area contributed by atoms with Gasteiger partial charge in [-0.05, 0) is 18.2 Å². The molecule has 0 aliphatic carbocycles. The molecule has 0 unspecified atom stereocenters. The maximum atomic E-state index is 11.1. The summed E-state index contributed by atoms with van der Waals surface area (Å²) in [7, 11) is 2.90. The van der Waals surface area contributed by atoms with Crippen molar-refractivity contribution in [3.05, 3.63) is 28.2 Å². The van der Waals surface area contributed by atoms with Crippen molar-refractivity contribution in [3.63, 3.8) is 0 Å². The Morgan fingerprint density at radius 1 is 1.39 bits per heavy atom. The number of methoxy groups -OCH3 is 1. The topological polar surface area (TPSA) is 79.8 Å². The van der Waals surface area contributed by atoms with Gasteiger partial charge in [0.25, 0.3) is 0 Å². The molecular formula is C11H12BrN3O3. The second-order valence-corrected chi connectivity index (χ2v) is 4.08. The highest BCUT2D eigenvalue weighted by atomic mass is 79.9. The summed E-state index contributed by atoms with van der Waals surface area (Å²) in [6, 6.07) is 5.35. The fraction of sp³-hybridized carbons (Fsp3) is 0.182. The lowest BCUT2D eigenvalue weighted by atomic mass is 10.2. The van der Waals surface area contributed by atoms with Crippen LogP contribution in [-0.2, 0) is 9.59 Å². The van der Waals surface area contributed by atoms with Crippen molar-refractivity contribution < 1.29 is 14.3 Å². The number of halogens is 1. The molecule has 0 saturated carbocycles. The van der Waals surface area contributed by atoms with Crippen LogP contribution in [-0.4, -0.2) is 32.2 Å². The van der Waals surface area contributed by atoms with Crippen LogP contribution < -0.4 is 15.5 Å². The molecule has 2 amide bonds. The molecule has 0 atom stereocenters. The number of rotatable bonds is 3. The summed E-state index contributed by atoms with van der Waals surface area (Å²) in [6.45, 7) is 0. The summed E-state index contributed by atoms with van der Waals surface area (Å²) in [4.78, 5) is 22.0. The van der Waals surface area contributed by atoms with Crippen molar-refractivity contribution in [2.24, 2.45) is 5.10 Å². The molecule has 0 heterocycles. The fourth-order valence-electron chi connectivity index (χ4n) is 1.13. The molecule has 1 aromatic rings. The van der Waals surface area contributed by atoms with Crippen molar-refractivity contribution in [1.29, 1.82) is 0 Å². The van der Waals surface area contributed by atoms with Crippen LogP contribution in [0.4, 0.5) is 0 Å². The zero-order valence-electron chi connectivity index (χ0n) is 9.86. The Labute approximate surface area is 113 Å². The molecule has 0 radical (unpaired) electrons. The van der Waals surface area contributed by atoms with E-state index in [1.807, 2.05) is 6.07 Å². The van der Waals surface area contributed by atoms with Crippen molar-refractivity contribution in [3.8, 4) is 5.75 Å². The minimum atomic E-state index is -0.831. The fourth-order valence-corrected chi connectivity index (χ4v) is 1.51. The molecule has 0 bridgehead atoms. The molecule has 6 nitrogen and oxygen atoms in total. The van der Waals surface area contributed by atoms with Crippen LogP contribution in [0.1, 0.15) is 5.56 Å². The number of likely N-dealkylation sites (N-methyl/N-ethyl adjacent to an activating group) is 1. The molecule has 0 fully saturated rings. The Morgan fingerprint density at radius 3 is 2.72 bits per heavy atom. The molecule has 0 spiro atoms. The Hall–Kier alpha value is -1.89. The van der Waals surface area contributed by atoms with Crippen molar-refractivity contribution >= 4 is 34.0 Å². The van der Waals surface area contributed by atoms with Gasteiger partial charge in [0.1, 0.15) is 5.75 Å². The monoisotopic (exact) mass is 313 g/mol. The number of hydrogen-bond acceptors (Lipinski definition) is 4. The van der Waals surface area contributed by atoms with E-state index < -0.39 is 11.8 Å². The first-order valence-corrected chi connectivity index (χ1v) is 5.76. The standard InChI is InChI=1S/C11H12BrN3O3/c1-13-10(16)11(17)15-14-6-7-5-8(12)3-4-9(7)18-2/h3-6H,1-2H3,(H,13,16)(H,15,17)/b14-6-. The zero-order valence-corrected chi connectivity index (χ0v) is 11.4. The third kappa shape index (κ3) is 3.85. The lowest BCUT2D eigenvalue weighted by Crippen LogP contribution is -2.35. The summed E-state index contributed by atoms with van der Waals surface area (Å²) >= 11 is 3.31. The third-order valence-electron chi connectivity index (χ3n) is 1.99. The van der Waals surface area contributed by atoms with Crippen LogP contribution in [0.15, 0.2) is 27.8 Å². The average molecular weight is 314 g/mol. The number of benzene rings is 1. The van der Waals surface area contributed by atoms with E-state index in [2.05, 4.69) is 31.8 Å². The summed E-state index contributed by atoms with van der Waals surface area (Å²) in [5.74, 6) is -0.979. The smallest absolute Gasteiger partial charge is 0.329 e. The minimum Gasteiger partial charge on any atom is -0.496 e. The number of hydrazone groups is 1. The lowest BCUT2D eigenvalue weighted by molar-refractivity contribution is -0.138. The maximum absolute atomic E-state index is 11.1. The molecule has 7 heteroatoms. The van der Waals surface area contributed by atoms with E-state index in [-0.39, 0.29) is 0 Å². The SMILES string of the molecule is CNC(=O)C(=O)N/N=C\c1cc(Br)ccc1OC. The van der Waals surface area contributed by atoms with E-state index in [1.165, 1.54) is 20.4 Å². The normalized spacial score (nSPS) is 10.2. The number of ether oxygens (including phenoxy) is 1. The Balaban J connectivity index is 2.75. The van der Waals surface area contributed by atoms with Crippen LogP contribution >= 0.6 is 15.9 Å². The Bertz CT molecular complexity index is 488. The molecule has 0 aliphatic heterocycles. The van der Waals surface area contributed by atoms with E-state index in [9.17, 15) is 9.59 Å². The Morgan fingerprint density at radius 2 is 2.11 bits per heavy atom. The average Bonchev–Trinajstić information content (AvgIpc) is 2.38. The number of hydrogen-bond donors (Lipinski definition) is 2. The molecule has 96 valence electrons. The van der Waals surface area contributed by atoms with Crippen LogP contribution in [0.2, 0.25) is 0 Å². The summed E-state index contributed by atoms with van der Waals surface area (Å²) < 4.78 is 5.97. The summed E-state index contributed by atoms with van der Waals surface area (Å²) in [6.07, 6.45) is 1.39. The number of carbonyl (C=O) groups excluding carboxylic acids is 2. The summed E-state index contributed by atoms with van der Waals surface area (Å²) in [5.41, 5.74) is 2.77. The Kier molecular flexibility index (Phi) is 5.31.